The van der Waals surface area contributed by atoms with Gasteiger partial charge < -0.3 is 15.4 Å². The lowest BCUT2D eigenvalue weighted by Crippen LogP contribution is -2.47. The van der Waals surface area contributed by atoms with Crippen LogP contribution in [0.15, 0.2) is 18.2 Å². The van der Waals surface area contributed by atoms with Gasteiger partial charge in [-0.1, -0.05) is 0 Å². The van der Waals surface area contributed by atoms with E-state index in [-0.39, 0.29) is 6.67 Å². The van der Waals surface area contributed by atoms with Crippen LogP contribution in [0, 0.1) is 0 Å². The minimum atomic E-state index is -0.268. The molecule has 0 bridgehead atoms. The standard InChI is InChI=1S/C13H20FN3O/c1-18-13-10-11(2-3-12(13)15)17-8-6-16(5-4-14)7-9-17/h2-3,10H,4-9,15H2,1H3. The second-order valence-corrected chi connectivity index (χ2v) is 4.44. The number of hydrogen-bond acceptors (Lipinski definition) is 4. The Labute approximate surface area is 107 Å². The van der Waals surface area contributed by atoms with Crippen LogP contribution in [0.5, 0.6) is 5.75 Å². The maximum absolute atomic E-state index is 12.3. The van der Waals surface area contributed by atoms with E-state index in [2.05, 4.69) is 9.80 Å². The van der Waals surface area contributed by atoms with Gasteiger partial charge in [0, 0.05) is 44.5 Å². The van der Waals surface area contributed by atoms with Gasteiger partial charge in [-0.15, -0.1) is 0 Å². The Morgan fingerprint density at radius 3 is 2.61 bits per heavy atom. The van der Waals surface area contributed by atoms with Crippen LogP contribution < -0.4 is 15.4 Å². The summed E-state index contributed by atoms with van der Waals surface area (Å²) in [6.45, 7) is 3.89. The monoisotopic (exact) mass is 253 g/mol. The molecule has 2 N–H and O–H groups in total. The Bertz CT molecular complexity index is 392. The number of piperazine rings is 1. The minimum Gasteiger partial charge on any atom is -0.495 e. The van der Waals surface area contributed by atoms with Crippen LogP contribution in [0.4, 0.5) is 15.8 Å². The van der Waals surface area contributed by atoms with E-state index in [4.69, 9.17) is 10.5 Å². The molecular weight excluding hydrogens is 233 g/mol. The molecule has 2 rings (SSSR count). The van der Waals surface area contributed by atoms with Gasteiger partial charge in [0.15, 0.2) is 0 Å². The molecule has 100 valence electrons. The third-order valence-corrected chi connectivity index (χ3v) is 3.36. The number of nitrogen functional groups attached to an aromatic ring is 1. The van der Waals surface area contributed by atoms with Crippen molar-refractivity contribution in [2.45, 2.75) is 0 Å². The van der Waals surface area contributed by atoms with Crippen molar-refractivity contribution in [1.82, 2.24) is 4.90 Å². The third-order valence-electron chi connectivity index (χ3n) is 3.36. The summed E-state index contributed by atoms with van der Waals surface area (Å²) >= 11 is 0. The van der Waals surface area contributed by atoms with Crippen molar-refractivity contribution in [3.8, 4) is 5.75 Å². The van der Waals surface area contributed by atoms with Gasteiger partial charge in [0.2, 0.25) is 0 Å². The van der Waals surface area contributed by atoms with Crippen LogP contribution in [0.3, 0.4) is 0 Å². The van der Waals surface area contributed by atoms with E-state index in [1.807, 2.05) is 18.2 Å². The van der Waals surface area contributed by atoms with Crippen molar-refractivity contribution in [1.29, 1.82) is 0 Å². The van der Waals surface area contributed by atoms with Crippen LogP contribution in [0.2, 0.25) is 0 Å². The lowest BCUT2D eigenvalue weighted by atomic mass is 10.2. The van der Waals surface area contributed by atoms with Crippen LogP contribution in [-0.2, 0) is 0 Å². The average Bonchev–Trinajstić information content (AvgIpc) is 2.41. The smallest absolute Gasteiger partial charge is 0.143 e. The second kappa shape index (κ2) is 5.91. The highest BCUT2D eigenvalue weighted by molar-refractivity contribution is 5.62. The zero-order valence-corrected chi connectivity index (χ0v) is 10.7. The molecule has 0 radical (unpaired) electrons. The molecule has 1 aliphatic rings. The van der Waals surface area contributed by atoms with Crippen molar-refractivity contribution >= 4 is 11.4 Å². The normalized spacial score (nSPS) is 16.9. The van der Waals surface area contributed by atoms with E-state index < -0.39 is 0 Å². The summed E-state index contributed by atoms with van der Waals surface area (Å²) in [6.07, 6.45) is 0. The Balaban J connectivity index is 2.01. The Morgan fingerprint density at radius 2 is 2.00 bits per heavy atom. The number of rotatable bonds is 4. The van der Waals surface area contributed by atoms with E-state index in [1.165, 1.54) is 0 Å². The highest BCUT2D eigenvalue weighted by Gasteiger charge is 2.17. The molecule has 0 amide bonds. The van der Waals surface area contributed by atoms with Crippen molar-refractivity contribution in [3.63, 3.8) is 0 Å². The van der Waals surface area contributed by atoms with E-state index in [1.54, 1.807) is 7.11 Å². The number of methoxy groups -OCH3 is 1. The Morgan fingerprint density at radius 1 is 1.28 bits per heavy atom. The summed E-state index contributed by atoms with van der Waals surface area (Å²) in [6, 6.07) is 5.82. The first-order valence-electron chi connectivity index (χ1n) is 6.21. The van der Waals surface area contributed by atoms with E-state index in [0.29, 0.717) is 18.0 Å². The van der Waals surface area contributed by atoms with E-state index in [0.717, 1.165) is 31.9 Å². The summed E-state index contributed by atoms with van der Waals surface area (Å²) in [7, 11) is 1.62. The molecule has 18 heavy (non-hydrogen) atoms. The first-order valence-corrected chi connectivity index (χ1v) is 6.21. The molecule has 0 aliphatic carbocycles. The highest BCUT2D eigenvalue weighted by atomic mass is 19.1. The van der Waals surface area contributed by atoms with Gasteiger partial charge >= 0.3 is 0 Å². The first-order chi connectivity index (χ1) is 8.74. The van der Waals surface area contributed by atoms with Crippen LogP contribution in [0.25, 0.3) is 0 Å². The maximum Gasteiger partial charge on any atom is 0.143 e. The number of hydrogen-bond donors (Lipinski definition) is 1. The largest absolute Gasteiger partial charge is 0.495 e. The molecular formula is C13H20FN3O. The summed E-state index contributed by atoms with van der Waals surface area (Å²) < 4.78 is 17.5. The highest BCUT2D eigenvalue weighted by Crippen LogP contribution is 2.27. The number of benzene rings is 1. The molecule has 1 aromatic carbocycles. The molecule has 1 saturated heterocycles. The topological polar surface area (TPSA) is 41.7 Å². The summed E-state index contributed by atoms with van der Waals surface area (Å²) in [5.74, 6) is 0.707. The van der Waals surface area contributed by atoms with Gasteiger partial charge in [-0.3, -0.25) is 4.90 Å². The van der Waals surface area contributed by atoms with Gasteiger partial charge in [0.1, 0.15) is 12.4 Å². The van der Waals surface area contributed by atoms with Crippen LogP contribution in [-0.4, -0.2) is 51.4 Å². The number of nitrogens with two attached hydrogens (primary N) is 1. The SMILES string of the molecule is COc1cc(N2CCN(CCF)CC2)ccc1N. The second-order valence-electron chi connectivity index (χ2n) is 4.44. The van der Waals surface area contributed by atoms with Crippen molar-refractivity contribution in [2.75, 3.05) is 57.1 Å². The Kier molecular flexibility index (Phi) is 4.25. The molecule has 1 aliphatic heterocycles. The van der Waals surface area contributed by atoms with Crippen molar-refractivity contribution in [2.24, 2.45) is 0 Å². The van der Waals surface area contributed by atoms with Crippen LogP contribution in [0.1, 0.15) is 0 Å². The fourth-order valence-electron chi connectivity index (χ4n) is 2.25. The predicted octanol–water partition coefficient (Wildman–Crippen LogP) is 1.37. The van der Waals surface area contributed by atoms with Gasteiger partial charge in [-0.25, -0.2) is 4.39 Å². The molecule has 1 aromatic rings. The lowest BCUT2D eigenvalue weighted by molar-refractivity contribution is 0.235. The molecule has 0 unspecified atom stereocenters. The average molecular weight is 253 g/mol. The Hall–Kier alpha value is -1.49. The van der Waals surface area contributed by atoms with E-state index >= 15 is 0 Å². The fourth-order valence-corrected chi connectivity index (χ4v) is 2.25. The molecule has 1 fully saturated rings. The van der Waals surface area contributed by atoms with Crippen LogP contribution >= 0.6 is 0 Å². The fraction of sp³-hybridized carbons (Fsp3) is 0.538. The lowest BCUT2D eigenvalue weighted by Gasteiger charge is -2.35. The van der Waals surface area contributed by atoms with Crippen molar-refractivity contribution in [3.05, 3.63) is 18.2 Å². The molecule has 0 atom stereocenters. The van der Waals surface area contributed by atoms with Gasteiger partial charge in [-0.05, 0) is 12.1 Å². The number of anilines is 2. The van der Waals surface area contributed by atoms with Gasteiger partial charge in [-0.2, -0.15) is 0 Å². The molecule has 0 saturated carbocycles. The summed E-state index contributed by atoms with van der Waals surface area (Å²) in [5, 5.41) is 0. The summed E-state index contributed by atoms with van der Waals surface area (Å²) in [5.41, 5.74) is 7.56. The third kappa shape index (κ3) is 2.85. The predicted molar refractivity (Wildman–Crippen MR) is 72.0 cm³/mol. The first kappa shape index (κ1) is 13.0. The van der Waals surface area contributed by atoms with Crippen molar-refractivity contribution < 1.29 is 9.13 Å². The molecule has 5 heteroatoms. The molecule has 4 nitrogen and oxygen atoms in total. The van der Waals surface area contributed by atoms with Gasteiger partial charge in [0.05, 0.1) is 12.8 Å². The minimum absolute atomic E-state index is 0.268. The zero-order valence-electron chi connectivity index (χ0n) is 10.7. The number of nitrogens with zero attached hydrogens (tertiary/aromatic N) is 2. The molecule has 1 heterocycles. The number of alkyl halides is 1. The van der Waals surface area contributed by atoms with E-state index in [9.17, 15) is 4.39 Å². The number of halogens is 1. The van der Waals surface area contributed by atoms with Gasteiger partial charge in [0.25, 0.3) is 0 Å². The summed E-state index contributed by atoms with van der Waals surface area (Å²) in [4.78, 5) is 4.42. The zero-order chi connectivity index (χ0) is 13.0. The maximum atomic E-state index is 12.3. The molecule has 0 aromatic heterocycles. The molecule has 0 spiro atoms. The quantitative estimate of drug-likeness (QED) is 0.823. The number of ether oxygens (including phenoxy) is 1.